The molecule has 0 spiro atoms. The van der Waals surface area contributed by atoms with E-state index in [2.05, 4.69) is 14.9 Å². The van der Waals surface area contributed by atoms with Crippen molar-refractivity contribution in [3.05, 3.63) is 24.5 Å². The smallest absolute Gasteiger partial charge is 0.139 e. The number of methoxy groups -OCH3 is 1. The first-order valence-electron chi connectivity index (χ1n) is 7.02. The molecular formula is C15H20N4O. The first kappa shape index (κ1) is 13.1. The molecule has 1 aromatic heterocycles. The second kappa shape index (κ2) is 5.63. The zero-order valence-electron chi connectivity index (χ0n) is 11.7. The van der Waals surface area contributed by atoms with Gasteiger partial charge in [0.1, 0.15) is 12.1 Å². The Hall–Kier alpha value is -1.88. The van der Waals surface area contributed by atoms with Crippen LogP contribution in [-0.4, -0.2) is 36.8 Å². The van der Waals surface area contributed by atoms with E-state index in [1.807, 2.05) is 18.2 Å². The minimum Gasteiger partial charge on any atom is -0.399 e. The maximum Gasteiger partial charge on any atom is 0.139 e. The Morgan fingerprint density at radius 2 is 2.30 bits per heavy atom. The number of benzene rings is 1. The van der Waals surface area contributed by atoms with Crippen molar-refractivity contribution in [2.75, 3.05) is 37.4 Å². The molecule has 106 valence electrons. The van der Waals surface area contributed by atoms with E-state index in [9.17, 15) is 0 Å². The monoisotopic (exact) mass is 272 g/mol. The number of rotatable bonds is 3. The van der Waals surface area contributed by atoms with E-state index in [0.29, 0.717) is 5.92 Å². The zero-order chi connectivity index (χ0) is 13.9. The first-order chi connectivity index (χ1) is 9.78. The maximum atomic E-state index is 5.90. The fraction of sp³-hybridized carbons (Fsp3) is 0.467. The molecule has 1 aliphatic rings. The molecule has 2 N–H and O–H groups in total. The second-order valence-electron chi connectivity index (χ2n) is 5.38. The van der Waals surface area contributed by atoms with Gasteiger partial charge in [0.2, 0.25) is 0 Å². The Kier molecular flexibility index (Phi) is 3.69. The number of nitrogen functional groups attached to an aromatic ring is 1. The summed E-state index contributed by atoms with van der Waals surface area (Å²) in [6, 6.07) is 5.79. The highest BCUT2D eigenvalue weighted by molar-refractivity contribution is 5.91. The van der Waals surface area contributed by atoms with E-state index in [4.69, 9.17) is 10.5 Å². The summed E-state index contributed by atoms with van der Waals surface area (Å²) in [5, 5.41) is 1.03. The van der Waals surface area contributed by atoms with Gasteiger partial charge in [-0.1, -0.05) is 0 Å². The Balaban J connectivity index is 1.94. The molecule has 0 bridgehead atoms. The van der Waals surface area contributed by atoms with Gasteiger partial charge in [0.15, 0.2) is 0 Å². The number of nitrogens with zero attached hydrogens (tertiary/aromatic N) is 3. The van der Waals surface area contributed by atoms with E-state index < -0.39 is 0 Å². The third-order valence-corrected chi connectivity index (χ3v) is 3.86. The van der Waals surface area contributed by atoms with E-state index in [1.165, 1.54) is 12.8 Å². The van der Waals surface area contributed by atoms with Crippen LogP contribution in [-0.2, 0) is 4.74 Å². The minimum absolute atomic E-state index is 0.569. The molecule has 1 unspecified atom stereocenters. The third-order valence-electron chi connectivity index (χ3n) is 3.86. The molecule has 2 aromatic rings. The molecular weight excluding hydrogens is 252 g/mol. The lowest BCUT2D eigenvalue weighted by Crippen LogP contribution is -2.37. The molecule has 1 atom stereocenters. The molecule has 1 aromatic carbocycles. The lowest BCUT2D eigenvalue weighted by atomic mass is 9.98. The summed E-state index contributed by atoms with van der Waals surface area (Å²) in [6.07, 6.45) is 4.02. The quantitative estimate of drug-likeness (QED) is 0.867. The van der Waals surface area contributed by atoms with Gasteiger partial charge in [-0.25, -0.2) is 9.97 Å². The number of fused-ring (bicyclic) bond motifs is 1. The zero-order valence-corrected chi connectivity index (χ0v) is 11.7. The fourth-order valence-corrected chi connectivity index (χ4v) is 2.94. The van der Waals surface area contributed by atoms with Crippen LogP contribution in [0.4, 0.5) is 11.5 Å². The number of nitrogens with two attached hydrogens (primary N) is 1. The number of aromatic nitrogens is 2. The van der Waals surface area contributed by atoms with Crippen molar-refractivity contribution >= 4 is 22.4 Å². The highest BCUT2D eigenvalue weighted by Crippen LogP contribution is 2.28. The van der Waals surface area contributed by atoms with E-state index in [-0.39, 0.29) is 0 Å². The van der Waals surface area contributed by atoms with Crippen molar-refractivity contribution in [3.8, 4) is 0 Å². The predicted molar refractivity (Wildman–Crippen MR) is 80.8 cm³/mol. The first-order valence-corrected chi connectivity index (χ1v) is 7.02. The second-order valence-corrected chi connectivity index (χ2v) is 5.38. The molecule has 5 nitrogen and oxygen atoms in total. The molecule has 0 amide bonds. The van der Waals surface area contributed by atoms with Gasteiger partial charge in [-0.15, -0.1) is 0 Å². The van der Waals surface area contributed by atoms with Gasteiger partial charge < -0.3 is 15.4 Å². The average molecular weight is 272 g/mol. The van der Waals surface area contributed by atoms with Crippen LogP contribution in [0.1, 0.15) is 12.8 Å². The Labute approximate surface area is 118 Å². The standard InChI is InChI=1S/C15H20N4O/c1-20-9-11-3-2-6-19(8-11)15-13-7-12(16)4-5-14(13)17-10-18-15/h4-5,7,10-11H,2-3,6,8-9,16H2,1H3. The van der Waals surface area contributed by atoms with Gasteiger partial charge in [-0.3, -0.25) is 0 Å². The molecule has 1 saturated heterocycles. The molecule has 3 rings (SSSR count). The Bertz CT molecular complexity index is 599. The summed E-state index contributed by atoms with van der Waals surface area (Å²) in [5.41, 5.74) is 7.59. The van der Waals surface area contributed by atoms with Gasteiger partial charge in [-0.2, -0.15) is 0 Å². The SMILES string of the molecule is COCC1CCCN(c2ncnc3ccc(N)cc23)C1. The van der Waals surface area contributed by atoms with E-state index >= 15 is 0 Å². The summed E-state index contributed by atoms with van der Waals surface area (Å²) in [7, 11) is 1.76. The van der Waals surface area contributed by atoms with Crippen LogP contribution < -0.4 is 10.6 Å². The summed E-state index contributed by atoms with van der Waals surface area (Å²) < 4.78 is 5.29. The maximum absolute atomic E-state index is 5.90. The summed E-state index contributed by atoms with van der Waals surface area (Å²) in [6.45, 7) is 2.82. The Morgan fingerprint density at radius 1 is 1.40 bits per heavy atom. The van der Waals surface area contributed by atoms with Gasteiger partial charge >= 0.3 is 0 Å². The minimum atomic E-state index is 0.569. The highest BCUT2D eigenvalue weighted by atomic mass is 16.5. The molecule has 5 heteroatoms. The van der Waals surface area contributed by atoms with Gasteiger partial charge in [0.05, 0.1) is 12.1 Å². The lowest BCUT2D eigenvalue weighted by molar-refractivity contribution is 0.143. The van der Waals surface area contributed by atoms with Crippen LogP contribution in [0.5, 0.6) is 0 Å². The predicted octanol–water partition coefficient (Wildman–Crippen LogP) is 2.07. The van der Waals surface area contributed by atoms with Crippen LogP contribution in [0.2, 0.25) is 0 Å². The van der Waals surface area contributed by atoms with Crippen LogP contribution in [0, 0.1) is 5.92 Å². The van der Waals surface area contributed by atoms with E-state index in [1.54, 1.807) is 13.4 Å². The van der Waals surface area contributed by atoms with Crippen molar-refractivity contribution in [2.45, 2.75) is 12.8 Å². The summed E-state index contributed by atoms with van der Waals surface area (Å²) in [5.74, 6) is 1.56. The third kappa shape index (κ3) is 2.54. The molecule has 0 radical (unpaired) electrons. The van der Waals surface area contributed by atoms with Gasteiger partial charge in [0.25, 0.3) is 0 Å². The molecule has 0 saturated carbocycles. The van der Waals surface area contributed by atoms with Gasteiger partial charge in [-0.05, 0) is 37.0 Å². The normalized spacial score (nSPS) is 19.4. The van der Waals surface area contributed by atoms with Crippen LogP contribution in [0.3, 0.4) is 0 Å². The number of ether oxygens (including phenoxy) is 1. The molecule has 1 fully saturated rings. The van der Waals surface area contributed by atoms with E-state index in [0.717, 1.165) is 42.1 Å². The van der Waals surface area contributed by atoms with Crippen molar-refractivity contribution in [2.24, 2.45) is 5.92 Å². The molecule has 1 aliphatic heterocycles. The van der Waals surface area contributed by atoms with Gasteiger partial charge in [0, 0.05) is 31.3 Å². The largest absolute Gasteiger partial charge is 0.399 e. The number of hydrogen-bond acceptors (Lipinski definition) is 5. The van der Waals surface area contributed by atoms with Crippen LogP contribution >= 0.6 is 0 Å². The van der Waals surface area contributed by atoms with Crippen LogP contribution in [0.15, 0.2) is 24.5 Å². The summed E-state index contributed by atoms with van der Waals surface area (Å²) >= 11 is 0. The number of hydrogen-bond donors (Lipinski definition) is 1. The fourth-order valence-electron chi connectivity index (χ4n) is 2.94. The average Bonchev–Trinajstić information content (AvgIpc) is 2.47. The topological polar surface area (TPSA) is 64.3 Å². The van der Waals surface area contributed by atoms with Crippen molar-refractivity contribution in [1.82, 2.24) is 9.97 Å². The van der Waals surface area contributed by atoms with Crippen molar-refractivity contribution < 1.29 is 4.74 Å². The highest BCUT2D eigenvalue weighted by Gasteiger charge is 2.22. The molecule has 2 heterocycles. The number of piperidine rings is 1. The number of anilines is 2. The van der Waals surface area contributed by atoms with Crippen molar-refractivity contribution in [3.63, 3.8) is 0 Å². The Morgan fingerprint density at radius 3 is 3.15 bits per heavy atom. The molecule has 20 heavy (non-hydrogen) atoms. The lowest BCUT2D eigenvalue weighted by Gasteiger charge is -2.33. The molecule has 0 aliphatic carbocycles. The summed E-state index contributed by atoms with van der Waals surface area (Å²) in [4.78, 5) is 11.1. The van der Waals surface area contributed by atoms with Crippen molar-refractivity contribution in [1.29, 1.82) is 0 Å². The van der Waals surface area contributed by atoms with Crippen LogP contribution in [0.25, 0.3) is 10.9 Å².